The van der Waals surface area contributed by atoms with Crippen LogP contribution in [0.2, 0.25) is 5.15 Å². The average molecular weight is 495 g/mol. The minimum atomic E-state index is -0.893. The molecule has 25 heavy (non-hydrogen) atoms. The Morgan fingerprint density at radius 1 is 1.60 bits per heavy atom. The molecule has 3 fully saturated rings. The van der Waals surface area contributed by atoms with Gasteiger partial charge in [0.1, 0.15) is 10.5 Å². The highest BCUT2D eigenvalue weighted by molar-refractivity contribution is 14.1. The first-order chi connectivity index (χ1) is 11.9. The Morgan fingerprint density at radius 2 is 2.36 bits per heavy atom. The second-order valence-corrected chi connectivity index (χ2v) is 8.34. The number of hydrogen-bond donors (Lipinski definition) is 2. The molecule has 2 N–H and O–H groups in total. The van der Waals surface area contributed by atoms with E-state index in [4.69, 9.17) is 11.6 Å². The Morgan fingerprint density at radius 3 is 3.00 bits per heavy atom. The van der Waals surface area contributed by atoms with Gasteiger partial charge in [-0.2, -0.15) is 0 Å². The van der Waals surface area contributed by atoms with Crippen molar-refractivity contribution in [3.63, 3.8) is 0 Å². The molecule has 2 bridgehead atoms. The van der Waals surface area contributed by atoms with Crippen molar-refractivity contribution in [3.8, 4) is 0 Å². The zero-order chi connectivity index (χ0) is 17.9. The van der Waals surface area contributed by atoms with Crippen LogP contribution in [0.3, 0.4) is 0 Å². The van der Waals surface area contributed by atoms with Crippen LogP contribution in [-0.2, 0) is 0 Å². The molecule has 132 valence electrons. The molecule has 2 aromatic rings. The van der Waals surface area contributed by atoms with Crippen molar-refractivity contribution in [3.05, 3.63) is 20.7 Å². The average Bonchev–Trinajstić information content (AvgIpc) is 3.17. The maximum Gasteiger partial charge on any atom is 0.407 e. The highest BCUT2D eigenvalue weighted by Gasteiger charge is 2.54. The number of carbonyl (C=O) groups is 1. The summed E-state index contributed by atoms with van der Waals surface area (Å²) in [5.41, 5.74) is 0.916. The highest BCUT2D eigenvalue weighted by atomic mass is 127. The first kappa shape index (κ1) is 17.3. The van der Waals surface area contributed by atoms with E-state index in [0.29, 0.717) is 17.0 Å². The molecule has 6 nitrogen and oxygen atoms in total. The van der Waals surface area contributed by atoms with Gasteiger partial charge in [-0.15, -0.1) is 11.8 Å². The van der Waals surface area contributed by atoms with Crippen LogP contribution in [0.25, 0.3) is 10.9 Å². The fourth-order valence-electron chi connectivity index (χ4n) is 3.62. The van der Waals surface area contributed by atoms with Crippen molar-refractivity contribution in [1.82, 2.24) is 14.9 Å². The van der Waals surface area contributed by atoms with E-state index >= 15 is 0 Å². The molecule has 10 heteroatoms. The Bertz CT molecular complexity index is 902. The summed E-state index contributed by atoms with van der Waals surface area (Å²) in [6.45, 7) is 0.533. The van der Waals surface area contributed by atoms with E-state index in [-0.39, 0.29) is 28.7 Å². The molecule has 2 saturated heterocycles. The predicted molar refractivity (Wildman–Crippen MR) is 103 cm³/mol. The van der Waals surface area contributed by atoms with Gasteiger partial charge in [0.2, 0.25) is 0 Å². The van der Waals surface area contributed by atoms with Crippen LogP contribution in [0, 0.1) is 15.3 Å². The summed E-state index contributed by atoms with van der Waals surface area (Å²) in [6, 6.07) is -0.0342. The van der Waals surface area contributed by atoms with Crippen molar-refractivity contribution < 1.29 is 14.3 Å². The number of halogens is 3. The largest absolute Gasteiger partial charge is 0.465 e. The lowest BCUT2D eigenvalue weighted by Gasteiger charge is -2.37. The Labute approximate surface area is 165 Å². The number of anilines is 1. The Kier molecular flexibility index (Phi) is 4.35. The Balaban J connectivity index is 1.78. The summed E-state index contributed by atoms with van der Waals surface area (Å²) in [4.78, 5) is 21.1. The molecule has 0 aromatic carbocycles. The van der Waals surface area contributed by atoms with Crippen LogP contribution in [0.15, 0.2) is 11.2 Å². The Hall–Kier alpha value is -1.07. The first-order valence-electron chi connectivity index (χ1n) is 7.55. The molecule has 0 radical (unpaired) electrons. The normalized spacial score (nSPS) is 24.5. The second kappa shape index (κ2) is 6.27. The summed E-state index contributed by atoms with van der Waals surface area (Å²) < 4.78 is 15.3. The first-order valence-corrected chi connectivity index (χ1v) is 10.2. The summed E-state index contributed by atoms with van der Waals surface area (Å²) in [5.74, 6) is -0.374. The number of nitrogens with zero attached hydrogens (tertiary/aromatic N) is 3. The molecule has 0 spiro atoms. The standard InChI is InChI=1S/C15H13ClFIN4O2S/c1-25-14-9(18)12(6-3-19-13(16)8(17)11(6)21-14)20-10-5-2-7(10)22(4-5)15(23)24/h3,5,7,10H,2,4H2,1H3,(H,20,21)(H,23,24). The number of amides is 1. The molecule has 4 heterocycles. The van der Waals surface area contributed by atoms with Gasteiger partial charge < -0.3 is 15.3 Å². The van der Waals surface area contributed by atoms with Crippen molar-refractivity contribution in [1.29, 1.82) is 0 Å². The molecular weight excluding hydrogens is 482 g/mol. The summed E-state index contributed by atoms with van der Waals surface area (Å²) in [5, 5.41) is 13.8. The number of aromatic nitrogens is 2. The van der Waals surface area contributed by atoms with Crippen LogP contribution in [0.4, 0.5) is 14.9 Å². The van der Waals surface area contributed by atoms with E-state index in [9.17, 15) is 14.3 Å². The minimum Gasteiger partial charge on any atom is -0.465 e. The molecular formula is C15H13ClFIN4O2S. The van der Waals surface area contributed by atoms with Gasteiger partial charge in [0.25, 0.3) is 0 Å². The molecule has 3 unspecified atom stereocenters. The molecule has 1 saturated carbocycles. The van der Waals surface area contributed by atoms with Crippen LogP contribution in [-0.4, -0.2) is 51.0 Å². The fraction of sp³-hybridized carbons (Fsp3) is 0.400. The van der Waals surface area contributed by atoms with E-state index < -0.39 is 11.9 Å². The number of hydrogen-bond acceptors (Lipinski definition) is 5. The van der Waals surface area contributed by atoms with Gasteiger partial charge in [-0.1, -0.05) is 11.6 Å². The number of thioether (sulfide) groups is 1. The molecule has 3 aliphatic rings. The zero-order valence-corrected chi connectivity index (χ0v) is 16.7. The second-order valence-electron chi connectivity index (χ2n) is 6.10. The van der Waals surface area contributed by atoms with Gasteiger partial charge in [0.05, 0.1) is 21.3 Å². The lowest BCUT2D eigenvalue weighted by molar-refractivity contribution is 0.140. The number of rotatable bonds is 3. The smallest absolute Gasteiger partial charge is 0.407 e. The van der Waals surface area contributed by atoms with Crippen molar-refractivity contribution in [2.75, 3.05) is 18.1 Å². The van der Waals surface area contributed by atoms with E-state index in [1.807, 2.05) is 6.26 Å². The monoisotopic (exact) mass is 494 g/mol. The molecule has 2 aromatic heterocycles. The topological polar surface area (TPSA) is 78.4 Å². The molecule has 3 atom stereocenters. The van der Waals surface area contributed by atoms with E-state index in [0.717, 1.165) is 15.7 Å². The van der Waals surface area contributed by atoms with Crippen molar-refractivity contribution >= 4 is 68.6 Å². The van der Waals surface area contributed by atoms with Crippen LogP contribution in [0.5, 0.6) is 0 Å². The number of pyridine rings is 2. The number of carboxylic acid groups (broad SMARTS) is 1. The van der Waals surface area contributed by atoms with Gasteiger partial charge in [-0.3, -0.25) is 0 Å². The van der Waals surface area contributed by atoms with Crippen LogP contribution >= 0.6 is 46.0 Å². The van der Waals surface area contributed by atoms with Gasteiger partial charge in [-0.25, -0.2) is 19.2 Å². The van der Waals surface area contributed by atoms with E-state index in [1.54, 1.807) is 0 Å². The lowest BCUT2D eigenvalue weighted by Crippen LogP contribution is -2.49. The molecule has 1 aliphatic carbocycles. The van der Waals surface area contributed by atoms with Gasteiger partial charge in [0, 0.05) is 24.0 Å². The minimum absolute atomic E-state index is 0.0173. The third-order valence-electron chi connectivity index (χ3n) is 4.89. The van der Waals surface area contributed by atoms with E-state index in [1.165, 1.54) is 22.9 Å². The van der Waals surface area contributed by atoms with Crippen LogP contribution < -0.4 is 5.32 Å². The summed E-state index contributed by atoms with van der Waals surface area (Å²) in [7, 11) is 0. The molecule has 5 rings (SSSR count). The number of fused-ring (bicyclic) bond motifs is 2. The third kappa shape index (κ3) is 2.62. The zero-order valence-electron chi connectivity index (χ0n) is 13.0. The SMILES string of the molecule is CSc1nc2c(F)c(Cl)ncc2c(NC2C3CC2N(C(=O)O)C3)c1I. The fourth-order valence-corrected chi connectivity index (χ4v) is 5.45. The van der Waals surface area contributed by atoms with Crippen LogP contribution in [0.1, 0.15) is 6.42 Å². The summed E-state index contributed by atoms with van der Waals surface area (Å²) >= 11 is 9.40. The van der Waals surface area contributed by atoms with Gasteiger partial charge in [0.15, 0.2) is 11.0 Å². The quantitative estimate of drug-likeness (QED) is 0.383. The maximum absolute atomic E-state index is 14.4. The molecule has 1 amide bonds. The molecule has 2 aliphatic heterocycles. The summed E-state index contributed by atoms with van der Waals surface area (Å²) in [6.07, 6.45) is 3.35. The third-order valence-corrected chi connectivity index (χ3v) is 7.25. The van der Waals surface area contributed by atoms with Gasteiger partial charge in [-0.05, 0) is 35.3 Å². The van der Waals surface area contributed by atoms with Crippen molar-refractivity contribution in [2.45, 2.75) is 23.5 Å². The number of nitrogens with one attached hydrogen (secondary N) is 1. The maximum atomic E-state index is 14.4. The lowest BCUT2D eigenvalue weighted by atomic mass is 9.80. The van der Waals surface area contributed by atoms with E-state index in [2.05, 4.69) is 37.9 Å². The van der Waals surface area contributed by atoms with Gasteiger partial charge >= 0.3 is 6.09 Å². The predicted octanol–water partition coefficient (Wildman–Crippen LogP) is 3.91. The van der Waals surface area contributed by atoms with Crippen molar-refractivity contribution in [2.24, 2.45) is 5.92 Å². The highest BCUT2D eigenvalue weighted by Crippen LogP contribution is 2.45.